The van der Waals surface area contributed by atoms with Crippen molar-refractivity contribution in [2.24, 2.45) is 0 Å². The van der Waals surface area contributed by atoms with E-state index in [1.807, 2.05) is 0 Å². The highest BCUT2D eigenvalue weighted by Gasteiger charge is 2.72. The summed E-state index contributed by atoms with van der Waals surface area (Å²) < 4.78 is 70.4. The van der Waals surface area contributed by atoms with Gasteiger partial charge in [0.05, 0.1) is 0 Å². The van der Waals surface area contributed by atoms with Crippen LogP contribution in [0.15, 0.2) is 24.3 Å². The van der Waals surface area contributed by atoms with Crippen molar-refractivity contribution in [3.8, 4) is 0 Å². The van der Waals surface area contributed by atoms with E-state index in [4.69, 9.17) is 0 Å². The van der Waals surface area contributed by atoms with Crippen LogP contribution in [0.5, 0.6) is 0 Å². The van der Waals surface area contributed by atoms with E-state index < -0.39 is 75.2 Å². The van der Waals surface area contributed by atoms with Gasteiger partial charge in [0.2, 0.25) is 11.4 Å². The number of halogens is 5. The van der Waals surface area contributed by atoms with Gasteiger partial charge >= 0.3 is 12.1 Å². The molecule has 2 aromatic carbocycles. The first-order chi connectivity index (χ1) is 14.2. The molecule has 1 amide bonds. The molecule has 0 fully saturated rings. The minimum Gasteiger partial charge on any atom is -0.476 e. The van der Waals surface area contributed by atoms with E-state index in [0.29, 0.717) is 5.56 Å². The Kier molecular flexibility index (Phi) is 5.13. The van der Waals surface area contributed by atoms with Gasteiger partial charge < -0.3 is 10.2 Å². The third kappa shape index (κ3) is 2.77. The largest absolute Gasteiger partial charge is 0.515 e. The molecule has 0 saturated carbocycles. The molecular weight excluding hydrogens is 425 g/mol. The molecule has 1 aliphatic heterocycles. The number of fused-ring (bicyclic) bond motifs is 1. The second kappa shape index (κ2) is 7.01. The van der Waals surface area contributed by atoms with Gasteiger partial charge in [-0.25, -0.2) is 26.7 Å². The van der Waals surface area contributed by atoms with Gasteiger partial charge in [-0.1, -0.05) is 24.3 Å². The molecule has 166 valence electrons. The minimum atomic E-state index is -3.05. The minimum absolute atomic E-state index is 0.230. The third-order valence-corrected chi connectivity index (χ3v) is 6.07. The van der Waals surface area contributed by atoms with Crippen LogP contribution in [-0.2, 0) is 23.3 Å². The molecule has 3 rings (SSSR count). The predicted molar refractivity (Wildman–Crippen MR) is 97.4 cm³/mol. The molecule has 0 spiro atoms. The van der Waals surface area contributed by atoms with Crippen LogP contribution >= 0.6 is 0 Å². The number of quaternary nitrogens is 1. The average Bonchev–Trinajstić information content (AvgIpc) is 2.68. The number of aliphatic carboxylic acids is 1. The summed E-state index contributed by atoms with van der Waals surface area (Å²) in [6, 6.07) is 6.03. The van der Waals surface area contributed by atoms with E-state index in [1.54, 1.807) is 6.07 Å². The van der Waals surface area contributed by atoms with Crippen LogP contribution < -0.4 is 0 Å². The van der Waals surface area contributed by atoms with E-state index in [1.165, 1.54) is 39.0 Å². The lowest BCUT2D eigenvalue weighted by atomic mass is 9.71. The average molecular weight is 444 g/mol. The molecule has 2 atom stereocenters. The molecule has 1 heterocycles. The van der Waals surface area contributed by atoms with Crippen molar-refractivity contribution < 1.29 is 46.2 Å². The number of nitrogens with zero attached hydrogens (tertiary/aromatic N) is 1. The Hall–Kier alpha value is -3.01. The Morgan fingerprint density at radius 1 is 0.871 bits per heavy atom. The van der Waals surface area contributed by atoms with Crippen molar-refractivity contribution in [1.29, 1.82) is 0 Å². The molecule has 2 aromatic rings. The predicted octanol–water partition coefficient (Wildman–Crippen LogP) is 4.71. The fourth-order valence-corrected chi connectivity index (χ4v) is 4.61. The molecule has 0 saturated heterocycles. The number of hydrogen-bond acceptors (Lipinski definition) is 2. The number of carbonyl (C=O) groups is 2. The summed E-state index contributed by atoms with van der Waals surface area (Å²) in [6.45, 7) is 3.44. The Morgan fingerprint density at radius 3 is 1.74 bits per heavy atom. The van der Waals surface area contributed by atoms with Crippen molar-refractivity contribution in [1.82, 2.24) is 0 Å². The Balaban J connectivity index is 2.62. The van der Waals surface area contributed by atoms with Crippen molar-refractivity contribution in [3.63, 3.8) is 0 Å². The summed E-state index contributed by atoms with van der Waals surface area (Å²) in [5, 5.41) is 20.5. The molecule has 10 heteroatoms. The zero-order chi connectivity index (χ0) is 23.5. The summed E-state index contributed by atoms with van der Waals surface area (Å²) in [5.41, 5.74) is -5.66. The van der Waals surface area contributed by atoms with Crippen LogP contribution in [0.25, 0.3) is 0 Å². The molecule has 5 nitrogen and oxygen atoms in total. The summed E-state index contributed by atoms with van der Waals surface area (Å²) >= 11 is 0. The highest BCUT2D eigenvalue weighted by atomic mass is 19.2. The quantitative estimate of drug-likeness (QED) is 0.305. The first-order valence-electron chi connectivity index (χ1n) is 9.18. The van der Waals surface area contributed by atoms with Gasteiger partial charge in [0.1, 0.15) is 17.6 Å². The lowest BCUT2D eigenvalue weighted by Crippen LogP contribution is -2.77. The van der Waals surface area contributed by atoms with Crippen molar-refractivity contribution in [2.75, 3.05) is 0 Å². The fourth-order valence-electron chi connectivity index (χ4n) is 4.61. The molecule has 1 unspecified atom stereocenters. The molecule has 2 N–H and O–H groups in total. The molecule has 0 aliphatic carbocycles. The monoisotopic (exact) mass is 444 g/mol. The SMILES string of the molecule is CC(C)(C)[N@@+]1(C(=O)O)Cc2ccccc2CC1(C(=O)O)c1c(F)c(F)c(F)c(F)c1F. The summed E-state index contributed by atoms with van der Waals surface area (Å²) in [5.74, 6) is -13.9. The molecule has 0 radical (unpaired) electrons. The standard InChI is InChI=1S/C21H18F5NO4/c1-20(2,3)27(19(30)31)9-11-7-5-4-6-10(11)8-21(27,18(28)29)12-13(22)15(24)17(26)16(25)14(12)23/h4-7H,8-9H2,1-3H3,(H-,28,29,30,31)/p+1/t21?,27-/m0/s1. The Bertz CT molecular complexity index is 1080. The van der Waals surface area contributed by atoms with E-state index in [2.05, 4.69) is 0 Å². The lowest BCUT2D eigenvalue weighted by molar-refractivity contribution is -0.964. The van der Waals surface area contributed by atoms with Gasteiger partial charge in [-0.15, -0.1) is 0 Å². The van der Waals surface area contributed by atoms with Gasteiger partial charge in [-0.05, 0) is 26.3 Å². The van der Waals surface area contributed by atoms with Crippen LogP contribution in [0.2, 0.25) is 0 Å². The smallest absolute Gasteiger partial charge is 0.476 e. The number of rotatable bonds is 2. The van der Waals surface area contributed by atoms with E-state index >= 15 is 0 Å². The number of benzene rings is 2. The van der Waals surface area contributed by atoms with Crippen LogP contribution in [0.3, 0.4) is 0 Å². The molecule has 0 bridgehead atoms. The van der Waals surface area contributed by atoms with Gasteiger partial charge in [-0.3, -0.25) is 0 Å². The Morgan fingerprint density at radius 2 is 1.32 bits per heavy atom. The molecule has 1 aliphatic rings. The van der Waals surface area contributed by atoms with E-state index in [-0.39, 0.29) is 5.56 Å². The summed E-state index contributed by atoms with van der Waals surface area (Å²) in [6.07, 6.45) is -2.59. The fraction of sp³-hybridized carbons (Fsp3) is 0.333. The second-order valence-electron chi connectivity index (χ2n) is 8.48. The number of hydrogen-bond donors (Lipinski definition) is 2. The van der Waals surface area contributed by atoms with Gasteiger partial charge in [0.25, 0.3) is 0 Å². The first-order valence-corrected chi connectivity index (χ1v) is 9.18. The molecular formula is C21H19F5NO4+. The topological polar surface area (TPSA) is 74.6 Å². The maximum Gasteiger partial charge on any atom is 0.515 e. The maximum atomic E-state index is 15.0. The van der Waals surface area contributed by atoms with E-state index in [9.17, 15) is 41.8 Å². The van der Waals surface area contributed by atoms with Crippen molar-refractivity contribution in [3.05, 3.63) is 70.0 Å². The number of amides is 1. The van der Waals surface area contributed by atoms with Gasteiger partial charge in [0, 0.05) is 12.0 Å². The van der Waals surface area contributed by atoms with Crippen LogP contribution in [-0.4, -0.2) is 32.3 Å². The summed E-state index contributed by atoms with van der Waals surface area (Å²) in [4.78, 5) is 25.4. The number of carboxylic acid groups (broad SMARTS) is 2. The zero-order valence-corrected chi connectivity index (χ0v) is 16.8. The van der Waals surface area contributed by atoms with Crippen LogP contribution in [0.1, 0.15) is 37.5 Å². The van der Waals surface area contributed by atoms with E-state index in [0.717, 1.165) is 0 Å². The summed E-state index contributed by atoms with van der Waals surface area (Å²) in [7, 11) is 0. The van der Waals surface area contributed by atoms with Crippen LogP contribution in [0, 0.1) is 29.1 Å². The van der Waals surface area contributed by atoms with Crippen LogP contribution in [0.4, 0.5) is 26.7 Å². The molecule has 0 aromatic heterocycles. The second-order valence-corrected chi connectivity index (χ2v) is 8.48. The van der Waals surface area contributed by atoms with Crippen molar-refractivity contribution in [2.45, 2.75) is 44.8 Å². The zero-order valence-electron chi connectivity index (χ0n) is 16.8. The Labute approximate surface area is 173 Å². The first kappa shape index (κ1) is 22.7. The highest BCUT2D eigenvalue weighted by Crippen LogP contribution is 2.52. The van der Waals surface area contributed by atoms with Gasteiger partial charge in [0.15, 0.2) is 23.3 Å². The number of carboxylic acids is 1. The third-order valence-electron chi connectivity index (χ3n) is 6.07. The van der Waals surface area contributed by atoms with Crippen molar-refractivity contribution >= 4 is 12.1 Å². The normalized spacial score (nSPS) is 23.4. The molecule has 31 heavy (non-hydrogen) atoms. The maximum absolute atomic E-state index is 15.0. The lowest BCUT2D eigenvalue weighted by Gasteiger charge is -2.56. The highest BCUT2D eigenvalue weighted by molar-refractivity contribution is 5.83. The van der Waals surface area contributed by atoms with Gasteiger partial charge in [-0.2, -0.15) is 9.28 Å².